The molecule has 112 valence electrons. The summed E-state index contributed by atoms with van der Waals surface area (Å²) >= 11 is 1.50. The van der Waals surface area contributed by atoms with Crippen LogP contribution < -0.4 is 5.56 Å². The molecule has 2 aliphatic heterocycles. The molecule has 3 heterocycles. The summed E-state index contributed by atoms with van der Waals surface area (Å²) in [5.41, 5.74) is -0.217. The molecule has 0 aliphatic carbocycles. The Morgan fingerprint density at radius 2 is 2.00 bits per heavy atom. The van der Waals surface area contributed by atoms with E-state index in [4.69, 9.17) is 5.11 Å². The molecule has 1 aromatic rings. The number of fused-ring (bicyclic) bond motifs is 1. The highest BCUT2D eigenvalue weighted by molar-refractivity contribution is 7.99. The van der Waals surface area contributed by atoms with Gasteiger partial charge < -0.3 is 10.0 Å². The number of carbonyl (C=O) groups is 2. The molecule has 2 aliphatic rings. The second-order valence-electron chi connectivity index (χ2n) is 5.16. The van der Waals surface area contributed by atoms with Gasteiger partial charge in [-0.2, -0.15) is 0 Å². The Balaban J connectivity index is 1.78. The Hall–Kier alpha value is -1.83. The second-order valence-corrected chi connectivity index (χ2v) is 6.23. The number of nitrogens with zero attached hydrogens (tertiary/aromatic N) is 3. The molecule has 1 fully saturated rings. The van der Waals surface area contributed by atoms with Crippen molar-refractivity contribution >= 4 is 23.6 Å². The average molecular weight is 309 g/mol. The van der Waals surface area contributed by atoms with Crippen LogP contribution in [0.15, 0.2) is 16.1 Å². The van der Waals surface area contributed by atoms with Crippen LogP contribution in [0.5, 0.6) is 0 Å². The number of carbonyl (C=O) groups excluding carboxylic acids is 1. The third-order valence-electron chi connectivity index (χ3n) is 3.92. The fourth-order valence-corrected chi connectivity index (χ4v) is 3.58. The fourth-order valence-electron chi connectivity index (χ4n) is 2.66. The van der Waals surface area contributed by atoms with Crippen molar-refractivity contribution in [3.05, 3.63) is 22.1 Å². The van der Waals surface area contributed by atoms with E-state index >= 15 is 0 Å². The van der Waals surface area contributed by atoms with E-state index in [0.717, 1.165) is 5.75 Å². The summed E-state index contributed by atoms with van der Waals surface area (Å²) in [5, 5.41) is 9.61. The van der Waals surface area contributed by atoms with Crippen LogP contribution in [-0.4, -0.2) is 50.3 Å². The van der Waals surface area contributed by atoms with Gasteiger partial charge in [0.05, 0.1) is 5.92 Å². The highest BCUT2D eigenvalue weighted by Gasteiger charge is 2.29. The molecule has 3 rings (SSSR count). The van der Waals surface area contributed by atoms with E-state index < -0.39 is 11.9 Å². The van der Waals surface area contributed by atoms with Gasteiger partial charge in [-0.3, -0.25) is 19.0 Å². The van der Waals surface area contributed by atoms with Crippen molar-refractivity contribution in [1.82, 2.24) is 14.5 Å². The molecular weight excluding hydrogens is 294 g/mol. The van der Waals surface area contributed by atoms with Crippen molar-refractivity contribution in [3.8, 4) is 0 Å². The summed E-state index contributed by atoms with van der Waals surface area (Å²) in [6.07, 6.45) is 2.20. The zero-order chi connectivity index (χ0) is 15.0. The molecule has 0 radical (unpaired) electrons. The van der Waals surface area contributed by atoms with Gasteiger partial charge in [-0.15, -0.1) is 0 Å². The van der Waals surface area contributed by atoms with E-state index in [1.807, 2.05) is 0 Å². The Bertz CT molecular complexity index is 649. The number of carboxylic acid groups (broad SMARTS) is 1. The second kappa shape index (κ2) is 5.51. The number of rotatable bonds is 2. The zero-order valence-electron chi connectivity index (χ0n) is 11.3. The van der Waals surface area contributed by atoms with Gasteiger partial charge in [-0.25, -0.2) is 4.98 Å². The van der Waals surface area contributed by atoms with Crippen LogP contribution in [0, 0.1) is 5.92 Å². The fraction of sp³-hybridized carbons (Fsp3) is 0.538. The molecule has 0 unspecified atom stereocenters. The first-order valence-electron chi connectivity index (χ1n) is 6.82. The first kappa shape index (κ1) is 14.1. The van der Waals surface area contributed by atoms with Crippen molar-refractivity contribution < 1.29 is 14.7 Å². The molecule has 0 bridgehead atoms. The standard InChI is InChI=1S/C13H15N3O4S/c17-10(15-3-1-8(2-4-15)12(19)20)9-7-14-13-16(11(9)18)5-6-21-13/h7-8H,1-6H2,(H,19,20). The number of aromatic nitrogens is 2. The molecular formula is C13H15N3O4S. The lowest BCUT2D eigenvalue weighted by atomic mass is 9.97. The number of carboxylic acids is 1. The minimum absolute atomic E-state index is 0.0787. The third kappa shape index (κ3) is 2.55. The predicted octanol–water partition coefficient (Wildman–Crippen LogP) is 0.286. The van der Waals surface area contributed by atoms with E-state index in [9.17, 15) is 14.4 Å². The molecule has 0 saturated carbocycles. The molecule has 8 heteroatoms. The van der Waals surface area contributed by atoms with Crippen molar-refractivity contribution in [3.63, 3.8) is 0 Å². The van der Waals surface area contributed by atoms with Crippen molar-refractivity contribution in [2.75, 3.05) is 18.8 Å². The van der Waals surface area contributed by atoms with Crippen LogP contribution in [0.4, 0.5) is 0 Å². The number of hydrogen-bond acceptors (Lipinski definition) is 5. The van der Waals surface area contributed by atoms with Crippen molar-refractivity contribution in [2.45, 2.75) is 24.5 Å². The van der Waals surface area contributed by atoms with E-state index in [1.54, 1.807) is 4.90 Å². The Morgan fingerprint density at radius 1 is 1.29 bits per heavy atom. The summed E-state index contributed by atoms with van der Waals surface area (Å²) in [6.45, 7) is 1.31. The van der Waals surface area contributed by atoms with E-state index in [1.165, 1.54) is 22.5 Å². The maximum Gasteiger partial charge on any atom is 0.306 e. The molecule has 1 N–H and O–H groups in total. The van der Waals surface area contributed by atoms with Crippen LogP contribution in [0.2, 0.25) is 0 Å². The average Bonchev–Trinajstić information content (AvgIpc) is 2.96. The topological polar surface area (TPSA) is 92.5 Å². The first-order chi connectivity index (χ1) is 10.1. The molecule has 0 spiro atoms. The summed E-state index contributed by atoms with van der Waals surface area (Å²) in [5.74, 6) is -0.768. The van der Waals surface area contributed by atoms with Crippen molar-refractivity contribution in [2.24, 2.45) is 5.92 Å². The number of hydrogen-bond donors (Lipinski definition) is 1. The normalized spacial score (nSPS) is 18.6. The smallest absolute Gasteiger partial charge is 0.306 e. The van der Waals surface area contributed by atoms with Gasteiger partial charge in [0.25, 0.3) is 11.5 Å². The minimum atomic E-state index is -0.821. The Labute approximate surface area is 125 Å². The number of thioether (sulfide) groups is 1. The summed E-state index contributed by atoms with van der Waals surface area (Å²) in [4.78, 5) is 41.3. The number of aliphatic carboxylic acids is 1. The monoisotopic (exact) mass is 309 g/mol. The molecule has 1 saturated heterocycles. The molecule has 1 amide bonds. The molecule has 0 atom stereocenters. The maximum atomic E-state index is 12.4. The van der Waals surface area contributed by atoms with Gasteiger partial charge in [0.2, 0.25) is 0 Å². The Kier molecular flexibility index (Phi) is 3.71. The van der Waals surface area contributed by atoms with Gasteiger partial charge >= 0.3 is 5.97 Å². The largest absolute Gasteiger partial charge is 0.481 e. The lowest BCUT2D eigenvalue weighted by molar-refractivity contribution is -0.143. The summed E-state index contributed by atoms with van der Waals surface area (Å²) < 4.78 is 1.53. The summed E-state index contributed by atoms with van der Waals surface area (Å²) in [6, 6.07) is 0. The summed E-state index contributed by atoms with van der Waals surface area (Å²) in [7, 11) is 0. The van der Waals surface area contributed by atoms with E-state index in [0.29, 0.717) is 37.6 Å². The van der Waals surface area contributed by atoms with Gasteiger partial charge in [0, 0.05) is 31.6 Å². The predicted molar refractivity (Wildman–Crippen MR) is 75.5 cm³/mol. The molecule has 21 heavy (non-hydrogen) atoms. The van der Waals surface area contributed by atoms with Gasteiger partial charge in [0.15, 0.2) is 5.16 Å². The van der Waals surface area contributed by atoms with E-state index in [2.05, 4.69) is 4.98 Å². The van der Waals surface area contributed by atoms with Gasteiger partial charge in [-0.1, -0.05) is 11.8 Å². The lowest BCUT2D eigenvalue weighted by Crippen LogP contribution is -2.42. The number of piperidine rings is 1. The number of likely N-dealkylation sites (tertiary alicyclic amines) is 1. The third-order valence-corrected chi connectivity index (χ3v) is 4.89. The highest BCUT2D eigenvalue weighted by Crippen LogP contribution is 2.22. The first-order valence-corrected chi connectivity index (χ1v) is 7.81. The van der Waals surface area contributed by atoms with Crippen LogP contribution in [0.1, 0.15) is 23.2 Å². The van der Waals surface area contributed by atoms with Crippen LogP contribution >= 0.6 is 11.8 Å². The highest BCUT2D eigenvalue weighted by atomic mass is 32.2. The van der Waals surface area contributed by atoms with Gasteiger partial charge in [0.1, 0.15) is 5.56 Å². The SMILES string of the molecule is O=C(O)C1CCN(C(=O)c2cnc3n(c2=O)CCS3)CC1. The molecule has 1 aromatic heterocycles. The lowest BCUT2D eigenvalue weighted by Gasteiger charge is -2.29. The quantitative estimate of drug-likeness (QED) is 0.789. The van der Waals surface area contributed by atoms with Gasteiger partial charge in [-0.05, 0) is 12.8 Å². The van der Waals surface area contributed by atoms with Crippen LogP contribution in [0.25, 0.3) is 0 Å². The molecule has 0 aromatic carbocycles. The van der Waals surface area contributed by atoms with Crippen molar-refractivity contribution in [1.29, 1.82) is 0 Å². The van der Waals surface area contributed by atoms with Crippen LogP contribution in [-0.2, 0) is 11.3 Å². The zero-order valence-corrected chi connectivity index (χ0v) is 12.1. The van der Waals surface area contributed by atoms with E-state index in [-0.39, 0.29) is 17.0 Å². The minimum Gasteiger partial charge on any atom is -0.481 e. The number of amides is 1. The maximum absolute atomic E-state index is 12.4. The Morgan fingerprint density at radius 3 is 2.67 bits per heavy atom. The molecule has 7 nitrogen and oxygen atoms in total. The van der Waals surface area contributed by atoms with Crippen LogP contribution in [0.3, 0.4) is 0 Å².